The van der Waals surface area contributed by atoms with Gasteiger partial charge in [-0.2, -0.15) is 13.2 Å². The van der Waals surface area contributed by atoms with Gasteiger partial charge in [0.2, 0.25) is 0 Å². The van der Waals surface area contributed by atoms with Crippen LogP contribution in [-0.2, 0) is 6.18 Å². The van der Waals surface area contributed by atoms with E-state index in [4.69, 9.17) is 0 Å². The zero-order valence-corrected chi connectivity index (χ0v) is 9.35. The molecule has 0 aliphatic heterocycles. The van der Waals surface area contributed by atoms with Crippen LogP contribution in [0.2, 0.25) is 0 Å². The van der Waals surface area contributed by atoms with E-state index in [0.717, 1.165) is 0 Å². The van der Waals surface area contributed by atoms with Gasteiger partial charge < -0.3 is 0 Å². The lowest BCUT2D eigenvalue weighted by Gasteiger charge is -2.12. The molecule has 0 aromatic heterocycles. The Labute approximate surface area is 99.5 Å². The first kappa shape index (κ1) is 13.8. The van der Waals surface area contributed by atoms with E-state index >= 15 is 0 Å². The van der Waals surface area contributed by atoms with Crippen molar-refractivity contribution in [3.8, 4) is 0 Å². The molecule has 1 rings (SSSR count). The number of hydrogen-bond donors (Lipinski definition) is 0. The summed E-state index contributed by atoms with van der Waals surface area (Å²) in [5, 5.41) is 10.4. The SMILES string of the molecule is O=[N+]([O-])c1cc(Br)cc(C(F)(F)F)c1C(F)F. The van der Waals surface area contributed by atoms with Crippen LogP contribution in [0.5, 0.6) is 0 Å². The first-order valence-corrected chi connectivity index (χ1v) is 4.77. The molecule has 0 heterocycles. The van der Waals surface area contributed by atoms with Crippen LogP contribution in [0.4, 0.5) is 27.6 Å². The Morgan fingerprint density at radius 2 is 1.82 bits per heavy atom. The molecule has 0 N–H and O–H groups in total. The summed E-state index contributed by atoms with van der Waals surface area (Å²) in [6.45, 7) is 0. The standard InChI is InChI=1S/C8H3BrF5NO2/c9-3-1-4(8(12,13)14)6(7(10)11)5(2-3)15(16)17/h1-2,7H. The van der Waals surface area contributed by atoms with E-state index in [2.05, 4.69) is 15.9 Å². The van der Waals surface area contributed by atoms with Gasteiger partial charge >= 0.3 is 6.18 Å². The second-order valence-electron chi connectivity index (χ2n) is 2.94. The summed E-state index contributed by atoms with van der Waals surface area (Å²) in [6, 6.07) is 0.991. The Balaban J connectivity index is 3.64. The molecule has 0 unspecified atom stereocenters. The Hall–Kier alpha value is -1.25. The minimum absolute atomic E-state index is 0.291. The van der Waals surface area contributed by atoms with Gasteiger partial charge in [0.1, 0.15) is 5.56 Å². The molecule has 0 aliphatic carbocycles. The zero-order chi connectivity index (χ0) is 13.4. The van der Waals surface area contributed by atoms with Gasteiger partial charge in [0.15, 0.2) is 0 Å². The van der Waals surface area contributed by atoms with Crippen LogP contribution in [0.3, 0.4) is 0 Å². The van der Waals surface area contributed by atoms with Gasteiger partial charge in [0.05, 0.1) is 10.5 Å². The fraction of sp³-hybridized carbons (Fsp3) is 0.250. The number of nitrogens with zero attached hydrogens (tertiary/aromatic N) is 1. The molecule has 1 aromatic rings. The van der Waals surface area contributed by atoms with E-state index < -0.39 is 34.3 Å². The number of benzene rings is 1. The van der Waals surface area contributed by atoms with Crippen LogP contribution in [0.1, 0.15) is 17.6 Å². The highest BCUT2D eigenvalue weighted by molar-refractivity contribution is 9.10. The predicted molar refractivity (Wildman–Crippen MR) is 50.8 cm³/mol. The highest BCUT2D eigenvalue weighted by atomic mass is 79.9. The highest BCUT2D eigenvalue weighted by Gasteiger charge is 2.40. The second-order valence-corrected chi connectivity index (χ2v) is 3.86. The minimum atomic E-state index is -5.08. The molecule has 0 bridgehead atoms. The molecule has 0 atom stereocenters. The van der Waals surface area contributed by atoms with Crippen LogP contribution in [-0.4, -0.2) is 4.92 Å². The number of hydrogen-bond acceptors (Lipinski definition) is 2. The number of nitro benzene ring substituents is 1. The number of nitro groups is 1. The fourth-order valence-corrected chi connectivity index (χ4v) is 1.66. The maximum atomic E-state index is 12.5. The third kappa shape index (κ3) is 2.90. The van der Waals surface area contributed by atoms with Gasteiger partial charge in [-0.25, -0.2) is 8.78 Å². The largest absolute Gasteiger partial charge is 0.417 e. The number of rotatable bonds is 2. The molecule has 0 radical (unpaired) electrons. The summed E-state index contributed by atoms with van der Waals surface area (Å²) in [6.07, 6.45) is -8.67. The lowest BCUT2D eigenvalue weighted by Crippen LogP contribution is -2.11. The van der Waals surface area contributed by atoms with Crippen LogP contribution in [0.25, 0.3) is 0 Å². The minimum Gasteiger partial charge on any atom is -0.258 e. The summed E-state index contributed by atoms with van der Waals surface area (Å²) >= 11 is 2.61. The summed E-state index contributed by atoms with van der Waals surface area (Å²) in [4.78, 5) is 9.17. The molecule has 0 saturated carbocycles. The lowest BCUT2D eigenvalue weighted by atomic mass is 10.1. The van der Waals surface area contributed by atoms with Crippen molar-refractivity contribution in [2.45, 2.75) is 12.6 Å². The van der Waals surface area contributed by atoms with Crippen molar-refractivity contribution in [2.24, 2.45) is 0 Å². The average Bonchev–Trinajstić information content (AvgIpc) is 2.14. The molecule has 94 valence electrons. The van der Waals surface area contributed by atoms with Gasteiger partial charge in [-0.1, -0.05) is 15.9 Å². The Kier molecular flexibility index (Phi) is 3.70. The van der Waals surface area contributed by atoms with E-state index in [-0.39, 0.29) is 4.47 Å². The maximum Gasteiger partial charge on any atom is 0.417 e. The molecular weight excluding hydrogens is 317 g/mol. The normalized spacial score (nSPS) is 11.9. The third-order valence-corrected chi connectivity index (χ3v) is 2.30. The van der Waals surface area contributed by atoms with E-state index in [0.29, 0.717) is 12.1 Å². The summed E-state index contributed by atoms with van der Waals surface area (Å²) in [7, 11) is 0. The number of alkyl halides is 5. The summed E-state index contributed by atoms with van der Waals surface area (Å²) < 4.78 is 62.1. The Morgan fingerprint density at radius 3 is 2.18 bits per heavy atom. The van der Waals surface area contributed by atoms with E-state index in [1.54, 1.807) is 0 Å². The van der Waals surface area contributed by atoms with Crippen LogP contribution in [0.15, 0.2) is 16.6 Å². The molecule has 1 aromatic carbocycles. The Morgan fingerprint density at radius 1 is 1.29 bits per heavy atom. The monoisotopic (exact) mass is 319 g/mol. The maximum absolute atomic E-state index is 12.5. The van der Waals surface area contributed by atoms with E-state index in [9.17, 15) is 32.1 Å². The van der Waals surface area contributed by atoms with Crippen LogP contribution < -0.4 is 0 Å². The van der Waals surface area contributed by atoms with Gasteiger partial charge in [-0.15, -0.1) is 0 Å². The second kappa shape index (κ2) is 4.55. The first-order chi connectivity index (χ1) is 7.64. The van der Waals surface area contributed by atoms with E-state index in [1.165, 1.54) is 0 Å². The molecule has 0 amide bonds. The molecule has 0 spiro atoms. The van der Waals surface area contributed by atoms with E-state index in [1.807, 2.05) is 0 Å². The molecule has 9 heteroatoms. The van der Waals surface area contributed by atoms with Crippen molar-refractivity contribution in [3.63, 3.8) is 0 Å². The van der Waals surface area contributed by atoms with Crippen molar-refractivity contribution < 1.29 is 26.9 Å². The smallest absolute Gasteiger partial charge is 0.258 e. The molecule has 0 aliphatic rings. The zero-order valence-electron chi connectivity index (χ0n) is 7.76. The van der Waals surface area contributed by atoms with Gasteiger partial charge in [0.25, 0.3) is 12.1 Å². The van der Waals surface area contributed by atoms with Gasteiger partial charge in [0, 0.05) is 10.5 Å². The molecule has 17 heavy (non-hydrogen) atoms. The summed E-state index contributed by atoms with van der Waals surface area (Å²) in [5.74, 6) is 0. The molecule has 3 nitrogen and oxygen atoms in total. The third-order valence-electron chi connectivity index (χ3n) is 1.84. The highest BCUT2D eigenvalue weighted by Crippen LogP contribution is 2.42. The first-order valence-electron chi connectivity index (χ1n) is 3.97. The van der Waals surface area contributed by atoms with Gasteiger partial charge in [-0.3, -0.25) is 10.1 Å². The fourth-order valence-electron chi connectivity index (χ4n) is 1.22. The summed E-state index contributed by atoms with van der Waals surface area (Å²) in [5.41, 5.74) is -4.60. The number of halogens is 6. The van der Waals surface area contributed by atoms with Crippen molar-refractivity contribution in [2.75, 3.05) is 0 Å². The van der Waals surface area contributed by atoms with Gasteiger partial charge in [-0.05, 0) is 6.07 Å². The predicted octanol–water partition coefficient (Wildman–Crippen LogP) is 4.31. The lowest BCUT2D eigenvalue weighted by molar-refractivity contribution is -0.386. The molecule has 0 fully saturated rings. The molecular formula is C8H3BrF5NO2. The van der Waals surface area contributed by atoms with Crippen molar-refractivity contribution in [1.29, 1.82) is 0 Å². The Bertz CT molecular complexity index is 460. The average molecular weight is 320 g/mol. The topological polar surface area (TPSA) is 43.1 Å². The molecule has 0 saturated heterocycles. The van der Waals surface area contributed by atoms with Crippen LogP contribution in [0, 0.1) is 10.1 Å². The quantitative estimate of drug-likeness (QED) is 0.463. The van der Waals surface area contributed by atoms with Crippen molar-refractivity contribution in [1.82, 2.24) is 0 Å². The van der Waals surface area contributed by atoms with Crippen LogP contribution >= 0.6 is 15.9 Å². The van der Waals surface area contributed by atoms with Crippen molar-refractivity contribution in [3.05, 3.63) is 37.8 Å². The van der Waals surface area contributed by atoms with Crippen molar-refractivity contribution >= 4 is 21.6 Å².